The zero-order valence-corrected chi connectivity index (χ0v) is 18.1. The number of aryl methyl sites for hydroxylation is 2. The quantitative estimate of drug-likeness (QED) is 0.646. The van der Waals surface area contributed by atoms with Gasteiger partial charge in [-0.2, -0.15) is 4.72 Å². The van der Waals surface area contributed by atoms with E-state index in [-0.39, 0.29) is 4.90 Å². The molecule has 9 heteroatoms. The minimum absolute atomic E-state index is 0.0396. The maximum absolute atomic E-state index is 12.3. The number of hydrogen-bond acceptors (Lipinski definition) is 5. The van der Waals surface area contributed by atoms with E-state index in [4.69, 9.17) is 16.3 Å². The molecule has 0 aliphatic heterocycles. The molecule has 0 saturated heterocycles. The molecule has 0 aliphatic carbocycles. The van der Waals surface area contributed by atoms with Crippen molar-refractivity contribution in [3.63, 3.8) is 0 Å². The van der Waals surface area contributed by atoms with E-state index in [0.717, 1.165) is 11.1 Å². The first kappa shape index (κ1) is 22.9. The first-order chi connectivity index (χ1) is 13.5. The summed E-state index contributed by atoms with van der Waals surface area (Å²) in [5.74, 6) is -1.39. The Hall–Kier alpha value is -2.42. The number of anilines is 1. The fraction of sp³-hybridized carbons (Fsp3) is 0.300. The standard InChI is InChI=1S/C20H23ClN2O5S/c1-12-5-10-18(13(2)11-12)22-19(24)15(4)28-20(25)14(3)23-29(26,27)17-8-6-16(21)7-9-17/h5-11,14-15,23H,1-4H3,(H,22,24)/t14-,15?/m0/s1. The van der Waals surface area contributed by atoms with Crippen molar-refractivity contribution in [1.82, 2.24) is 4.72 Å². The molecule has 1 amide bonds. The molecule has 0 bridgehead atoms. The van der Waals surface area contributed by atoms with Crippen LogP contribution in [0.3, 0.4) is 0 Å². The zero-order valence-electron chi connectivity index (χ0n) is 16.5. The van der Waals surface area contributed by atoms with Gasteiger partial charge in [0.1, 0.15) is 6.04 Å². The second kappa shape index (κ2) is 9.39. The minimum Gasteiger partial charge on any atom is -0.451 e. The number of benzene rings is 2. The van der Waals surface area contributed by atoms with Crippen molar-refractivity contribution in [2.24, 2.45) is 0 Å². The van der Waals surface area contributed by atoms with Gasteiger partial charge in [-0.25, -0.2) is 8.42 Å². The molecule has 2 atom stereocenters. The minimum atomic E-state index is -3.95. The van der Waals surface area contributed by atoms with E-state index >= 15 is 0 Å². The van der Waals surface area contributed by atoms with Gasteiger partial charge in [-0.05, 0) is 63.6 Å². The van der Waals surface area contributed by atoms with Crippen LogP contribution >= 0.6 is 11.6 Å². The maximum atomic E-state index is 12.3. The van der Waals surface area contributed by atoms with Crippen LogP contribution in [0.2, 0.25) is 5.02 Å². The van der Waals surface area contributed by atoms with E-state index in [2.05, 4.69) is 10.0 Å². The second-order valence-electron chi connectivity index (χ2n) is 6.68. The summed E-state index contributed by atoms with van der Waals surface area (Å²) in [6, 6.07) is 9.85. The summed E-state index contributed by atoms with van der Waals surface area (Å²) < 4.78 is 32.0. The third-order valence-corrected chi connectivity index (χ3v) is 5.92. The van der Waals surface area contributed by atoms with Crippen molar-refractivity contribution in [3.05, 3.63) is 58.6 Å². The van der Waals surface area contributed by atoms with Gasteiger partial charge in [0.05, 0.1) is 4.90 Å². The molecule has 2 N–H and O–H groups in total. The van der Waals surface area contributed by atoms with Crippen LogP contribution in [0.1, 0.15) is 25.0 Å². The van der Waals surface area contributed by atoms with Crippen LogP contribution in [0.4, 0.5) is 5.69 Å². The number of carbonyl (C=O) groups excluding carboxylic acids is 2. The lowest BCUT2D eigenvalue weighted by Gasteiger charge is -2.18. The van der Waals surface area contributed by atoms with Gasteiger partial charge in [-0.1, -0.05) is 29.3 Å². The lowest BCUT2D eigenvalue weighted by molar-refractivity contribution is -0.154. The molecular formula is C20H23ClN2O5S. The predicted molar refractivity (Wildman–Crippen MR) is 111 cm³/mol. The fourth-order valence-corrected chi connectivity index (χ4v) is 3.80. The first-order valence-electron chi connectivity index (χ1n) is 8.86. The van der Waals surface area contributed by atoms with Gasteiger partial charge in [0.2, 0.25) is 10.0 Å². The Morgan fingerprint density at radius 2 is 1.66 bits per heavy atom. The van der Waals surface area contributed by atoms with Crippen molar-refractivity contribution < 1.29 is 22.7 Å². The molecule has 156 valence electrons. The summed E-state index contributed by atoms with van der Waals surface area (Å²) in [5, 5.41) is 3.08. The molecule has 0 saturated carbocycles. The highest BCUT2D eigenvalue weighted by Gasteiger charge is 2.26. The van der Waals surface area contributed by atoms with Crippen molar-refractivity contribution in [3.8, 4) is 0 Å². The van der Waals surface area contributed by atoms with E-state index < -0.39 is 34.0 Å². The number of halogens is 1. The molecule has 2 aromatic carbocycles. The Morgan fingerprint density at radius 3 is 2.24 bits per heavy atom. The second-order valence-corrected chi connectivity index (χ2v) is 8.83. The molecule has 0 aliphatic rings. The first-order valence-corrected chi connectivity index (χ1v) is 10.7. The Balaban J connectivity index is 1.97. The highest BCUT2D eigenvalue weighted by molar-refractivity contribution is 7.89. The summed E-state index contributed by atoms with van der Waals surface area (Å²) in [4.78, 5) is 24.5. The highest BCUT2D eigenvalue weighted by Crippen LogP contribution is 2.17. The van der Waals surface area contributed by atoms with Gasteiger partial charge in [0.25, 0.3) is 5.91 Å². The van der Waals surface area contributed by atoms with Crippen molar-refractivity contribution >= 4 is 39.2 Å². The van der Waals surface area contributed by atoms with Gasteiger partial charge in [0, 0.05) is 10.7 Å². The maximum Gasteiger partial charge on any atom is 0.324 e. The molecule has 2 rings (SSSR count). The third kappa shape index (κ3) is 6.28. The van der Waals surface area contributed by atoms with E-state index in [1.54, 1.807) is 6.07 Å². The average molecular weight is 439 g/mol. The molecular weight excluding hydrogens is 416 g/mol. The SMILES string of the molecule is Cc1ccc(NC(=O)C(C)OC(=O)[C@H](C)NS(=O)(=O)c2ccc(Cl)cc2)c(C)c1. The number of hydrogen-bond donors (Lipinski definition) is 2. The van der Waals surface area contributed by atoms with Gasteiger partial charge in [-0.3, -0.25) is 9.59 Å². The molecule has 1 unspecified atom stereocenters. The van der Waals surface area contributed by atoms with E-state index in [9.17, 15) is 18.0 Å². The van der Waals surface area contributed by atoms with Gasteiger partial charge in [0.15, 0.2) is 6.10 Å². The van der Waals surface area contributed by atoms with Crippen LogP contribution in [0, 0.1) is 13.8 Å². The number of esters is 1. The van der Waals surface area contributed by atoms with Crippen LogP contribution in [-0.2, 0) is 24.3 Å². The van der Waals surface area contributed by atoms with Crippen LogP contribution in [0.25, 0.3) is 0 Å². The number of ether oxygens (including phenoxy) is 1. The van der Waals surface area contributed by atoms with Crippen LogP contribution in [-0.4, -0.2) is 32.4 Å². The Bertz CT molecular complexity index is 1010. The van der Waals surface area contributed by atoms with Crippen molar-refractivity contribution in [1.29, 1.82) is 0 Å². The lowest BCUT2D eigenvalue weighted by Crippen LogP contribution is -2.42. The molecule has 0 fully saturated rings. The normalized spacial score (nSPS) is 13.4. The summed E-state index contributed by atoms with van der Waals surface area (Å²) in [6.07, 6.45) is -1.11. The van der Waals surface area contributed by atoms with Gasteiger partial charge < -0.3 is 10.1 Å². The summed E-state index contributed by atoms with van der Waals surface area (Å²) in [5.41, 5.74) is 2.54. The number of amides is 1. The van der Waals surface area contributed by atoms with E-state index in [1.165, 1.54) is 38.1 Å². The molecule has 2 aromatic rings. The molecule has 29 heavy (non-hydrogen) atoms. The highest BCUT2D eigenvalue weighted by atomic mass is 35.5. The topological polar surface area (TPSA) is 102 Å². The van der Waals surface area contributed by atoms with Crippen LogP contribution in [0.15, 0.2) is 47.4 Å². The number of carbonyl (C=O) groups is 2. The molecule has 0 spiro atoms. The average Bonchev–Trinajstić information content (AvgIpc) is 2.63. The number of rotatable bonds is 7. The summed E-state index contributed by atoms with van der Waals surface area (Å²) in [6.45, 7) is 6.55. The Kier molecular flexibility index (Phi) is 7.40. The van der Waals surface area contributed by atoms with Crippen molar-refractivity contribution in [2.75, 3.05) is 5.32 Å². The Morgan fingerprint density at radius 1 is 1.03 bits per heavy atom. The lowest BCUT2D eigenvalue weighted by atomic mass is 10.1. The van der Waals surface area contributed by atoms with Crippen molar-refractivity contribution in [2.45, 2.75) is 44.7 Å². The number of sulfonamides is 1. The van der Waals surface area contributed by atoms with Gasteiger partial charge in [-0.15, -0.1) is 0 Å². The molecule has 0 aromatic heterocycles. The summed E-state index contributed by atoms with van der Waals surface area (Å²) >= 11 is 5.75. The van der Waals surface area contributed by atoms with E-state index in [1.807, 2.05) is 26.0 Å². The predicted octanol–water partition coefficient (Wildman–Crippen LogP) is 3.19. The molecule has 7 nitrogen and oxygen atoms in total. The molecule has 0 heterocycles. The van der Waals surface area contributed by atoms with Crippen LogP contribution in [0.5, 0.6) is 0 Å². The third-order valence-electron chi connectivity index (χ3n) is 4.11. The largest absolute Gasteiger partial charge is 0.451 e. The monoisotopic (exact) mass is 438 g/mol. The van der Waals surface area contributed by atoms with Crippen LogP contribution < -0.4 is 10.0 Å². The smallest absolute Gasteiger partial charge is 0.324 e. The van der Waals surface area contributed by atoms with E-state index in [0.29, 0.717) is 10.7 Å². The Labute approximate surface area is 175 Å². The molecule has 0 radical (unpaired) electrons. The summed E-state index contributed by atoms with van der Waals surface area (Å²) in [7, 11) is -3.95. The fourth-order valence-electron chi connectivity index (χ4n) is 2.48. The zero-order chi connectivity index (χ0) is 21.8. The van der Waals surface area contributed by atoms with Gasteiger partial charge >= 0.3 is 5.97 Å². The number of nitrogens with one attached hydrogen (secondary N) is 2.